The number of anilines is 1. The molecule has 18 heavy (non-hydrogen) atoms. The minimum absolute atomic E-state index is 0.582. The van der Waals surface area contributed by atoms with Crippen LogP contribution < -0.4 is 4.90 Å². The summed E-state index contributed by atoms with van der Waals surface area (Å²) >= 11 is 5.84. The molecule has 0 amide bonds. The van der Waals surface area contributed by atoms with Crippen molar-refractivity contribution in [1.82, 2.24) is 4.98 Å². The Bertz CT molecular complexity index is 522. The van der Waals surface area contributed by atoms with Gasteiger partial charge in [-0.1, -0.05) is 23.7 Å². The van der Waals surface area contributed by atoms with Gasteiger partial charge in [0.15, 0.2) is 6.29 Å². The molecule has 0 bridgehead atoms. The van der Waals surface area contributed by atoms with Gasteiger partial charge in [-0.15, -0.1) is 0 Å². The first-order valence-electron chi connectivity index (χ1n) is 5.56. The van der Waals surface area contributed by atoms with E-state index in [9.17, 15) is 4.79 Å². The summed E-state index contributed by atoms with van der Waals surface area (Å²) in [4.78, 5) is 16.8. The van der Waals surface area contributed by atoms with Gasteiger partial charge < -0.3 is 4.90 Å². The first kappa shape index (κ1) is 12.6. The molecule has 0 aliphatic rings. The molecule has 4 heteroatoms. The van der Waals surface area contributed by atoms with Crippen LogP contribution in [0.4, 0.5) is 5.82 Å². The number of hydrogen-bond acceptors (Lipinski definition) is 3. The molecule has 1 heterocycles. The Morgan fingerprint density at radius 3 is 2.50 bits per heavy atom. The van der Waals surface area contributed by atoms with Crippen LogP contribution in [0.2, 0.25) is 5.02 Å². The number of halogens is 1. The Balaban J connectivity index is 2.08. The fraction of sp³-hybridized carbons (Fsp3) is 0.143. The number of nitrogens with zero attached hydrogens (tertiary/aromatic N) is 2. The average molecular weight is 261 g/mol. The standard InChI is InChI=1S/C14H13ClN2O/c1-17(9-11-2-5-13(15)6-3-11)14-7-4-12(10-18)8-16-14/h2-8,10H,9H2,1H3. The lowest BCUT2D eigenvalue weighted by atomic mass is 10.2. The van der Waals surface area contributed by atoms with Gasteiger partial charge in [-0.3, -0.25) is 4.79 Å². The molecule has 92 valence electrons. The van der Waals surface area contributed by atoms with Gasteiger partial charge >= 0.3 is 0 Å². The first-order chi connectivity index (χ1) is 8.69. The normalized spacial score (nSPS) is 10.1. The molecule has 0 N–H and O–H groups in total. The summed E-state index contributed by atoms with van der Waals surface area (Å²) in [7, 11) is 1.96. The Labute approximate surface area is 111 Å². The van der Waals surface area contributed by atoms with E-state index in [0.29, 0.717) is 5.56 Å². The van der Waals surface area contributed by atoms with Gasteiger partial charge in [-0.2, -0.15) is 0 Å². The van der Waals surface area contributed by atoms with Crippen molar-refractivity contribution in [1.29, 1.82) is 0 Å². The number of carbonyl (C=O) groups is 1. The molecular formula is C14H13ClN2O. The molecule has 3 nitrogen and oxygen atoms in total. The molecule has 0 spiro atoms. The van der Waals surface area contributed by atoms with E-state index >= 15 is 0 Å². The number of carbonyl (C=O) groups excluding carboxylic acids is 1. The Hall–Kier alpha value is -1.87. The van der Waals surface area contributed by atoms with Gasteiger partial charge in [-0.25, -0.2) is 4.98 Å². The van der Waals surface area contributed by atoms with Crippen molar-refractivity contribution < 1.29 is 4.79 Å². The zero-order chi connectivity index (χ0) is 13.0. The molecule has 2 aromatic rings. The van der Waals surface area contributed by atoms with Crippen LogP contribution in [0.25, 0.3) is 0 Å². The lowest BCUT2D eigenvalue weighted by molar-refractivity contribution is 0.112. The zero-order valence-electron chi connectivity index (χ0n) is 10.0. The lowest BCUT2D eigenvalue weighted by Gasteiger charge is -2.18. The van der Waals surface area contributed by atoms with Crippen molar-refractivity contribution in [2.24, 2.45) is 0 Å². The predicted molar refractivity (Wildman–Crippen MR) is 73.2 cm³/mol. The van der Waals surface area contributed by atoms with E-state index in [4.69, 9.17) is 11.6 Å². The molecule has 1 aromatic heterocycles. The Morgan fingerprint density at radius 1 is 1.22 bits per heavy atom. The highest BCUT2D eigenvalue weighted by Gasteiger charge is 2.03. The van der Waals surface area contributed by atoms with Crippen LogP contribution in [0, 0.1) is 0 Å². The average Bonchev–Trinajstić information content (AvgIpc) is 2.41. The Kier molecular flexibility index (Phi) is 3.95. The highest BCUT2D eigenvalue weighted by Crippen LogP contribution is 2.15. The molecule has 1 aromatic carbocycles. The highest BCUT2D eigenvalue weighted by molar-refractivity contribution is 6.30. The summed E-state index contributed by atoms with van der Waals surface area (Å²) in [5.74, 6) is 0.829. The third-order valence-corrected chi connectivity index (χ3v) is 2.88. The lowest BCUT2D eigenvalue weighted by Crippen LogP contribution is -2.17. The van der Waals surface area contributed by atoms with Crippen molar-refractivity contribution in [2.45, 2.75) is 6.54 Å². The van der Waals surface area contributed by atoms with Gasteiger partial charge in [0.2, 0.25) is 0 Å². The molecule has 0 aliphatic heterocycles. The number of rotatable bonds is 4. The fourth-order valence-electron chi connectivity index (χ4n) is 1.64. The molecule has 0 saturated carbocycles. The molecule has 2 rings (SSSR count). The zero-order valence-corrected chi connectivity index (χ0v) is 10.8. The largest absolute Gasteiger partial charge is 0.355 e. The van der Waals surface area contributed by atoms with Crippen LogP contribution in [-0.4, -0.2) is 18.3 Å². The molecule has 0 radical (unpaired) electrons. The SMILES string of the molecule is CN(Cc1ccc(Cl)cc1)c1ccc(C=O)cn1. The molecule has 0 unspecified atom stereocenters. The predicted octanol–water partition coefficient (Wildman–Crippen LogP) is 3.18. The fourth-order valence-corrected chi connectivity index (χ4v) is 1.76. The van der Waals surface area contributed by atoms with Gasteiger partial charge in [-0.05, 0) is 29.8 Å². The number of benzene rings is 1. The van der Waals surface area contributed by atoms with Crippen LogP contribution in [0.3, 0.4) is 0 Å². The topological polar surface area (TPSA) is 33.2 Å². The van der Waals surface area contributed by atoms with Crippen LogP contribution in [0.5, 0.6) is 0 Å². The molecule has 0 saturated heterocycles. The second-order valence-electron chi connectivity index (χ2n) is 4.05. The summed E-state index contributed by atoms with van der Waals surface area (Å²) in [5.41, 5.74) is 1.74. The van der Waals surface area contributed by atoms with Crippen molar-refractivity contribution >= 4 is 23.7 Å². The van der Waals surface area contributed by atoms with E-state index in [2.05, 4.69) is 4.98 Å². The molecular weight excluding hydrogens is 248 g/mol. The monoisotopic (exact) mass is 260 g/mol. The summed E-state index contributed by atoms with van der Waals surface area (Å²) in [6.07, 6.45) is 2.36. The maximum atomic E-state index is 10.5. The number of aromatic nitrogens is 1. The van der Waals surface area contributed by atoms with Gasteiger partial charge in [0, 0.05) is 30.4 Å². The highest BCUT2D eigenvalue weighted by atomic mass is 35.5. The van der Waals surface area contributed by atoms with Crippen molar-refractivity contribution in [3.05, 3.63) is 58.7 Å². The third-order valence-electron chi connectivity index (χ3n) is 2.63. The quantitative estimate of drug-likeness (QED) is 0.792. The van der Waals surface area contributed by atoms with Crippen molar-refractivity contribution in [3.8, 4) is 0 Å². The minimum atomic E-state index is 0.582. The maximum absolute atomic E-state index is 10.5. The van der Waals surface area contributed by atoms with Crippen LogP contribution >= 0.6 is 11.6 Å². The second-order valence-corrected chi connectivity index (χ2v) is 4.49. The molecule has 0 fully saturated rings. The smallest absolute Gasteiger partial charge is 0.151 e. The van der Waals surface area contributed by atoms with E-state index in [1.165, 1.54) is 0 Å². The molecule has 0 aliphatic carbocycles. The van der Waals surface area contributed by atoms with E-state index in [0.717, 1.165) is 29.2 Å². The van der Waals surface area contributed by atoms with Crippen LogP contribution in [-0.2, 0) is 6.54 Å². The number of hydrogen-bond donors (Lipinski definition) is 0. The van der Waals surface area contributed by atoms with Crippen LogP contribution in [0.15, 0.2) is 42.6 Å². The minimum Gasteiger partial charge on any atom is -0.355 e. The van der Waals surface area contributed by atoms with Gasteiger partial charge in [0.25, 0.3) is 0 Å². The first-order valence-corrected chi connectivity index (χ1v) is 5.93. The summed E-state index contributed by atoms with van der Waals surface area (Å²) < 4.78 is 0. The number of aldehydes is 1. The summed E-state index contributed by atoms with van der Waals surface area (Å²) in [6.45, 7) is 0.741. The van der Waals surface area contributed by atoms with Gasteiger partial charge in [0.1, 0.15) is 5.82 Å². The molecule has 0 atom stereocenters. The third kappa shape index (κ3) is 3.08. The van der Waals surface area contributed by atoms with Gasteiger partial charge in [0.05, 0.1) is 0 Å². The van der Waals surface area contributed by atoms with E-state index in [1.54, 1.807) is 12.3 Å². The van der Waals surface area contributed by atoms with E-state index in [-0.39, 0.29) is 0 Å². The Morgan fingerprint density at radius 2 is 1.94 bits per heavy atom. The van der Waals surface area contributed by atoms with Crippen LogP contribution in [0.1, 0.15) is 15.9 Å². The number of pyridine rings is 1. The summed E-state index contributed by atoms with van der Waals surface area (Å²) in [5, 5.41) is 0.731. The summed E-state index contributed by atoms with van der Waals surface area (Å²) in [6, 6.07) is 11.3. The maximum Gasteiger partial charge on any atom is 0.151 e. The second kappa shape index (κ2) is 5.65. The van der Waals surface area contributed by atoms with Crippen molar-refractivity contribution in [2.75, 3.05) is 11.9 Å². The van der Waals surface area contributed by atoms with E-state index < -0.39 is 0 Å². The van der Waals surface area contributed by atoms with Crippen molar-refractivity contribution in [3.63, 3.8) is 0 Å². The van der Waals surface area contributed by atoms with E-state index in [1.807, 2.05) is 42.3 Å².